The molecule has 0 radical (unpaired) electrons. The molecule has 23 heavy (non-hydrogen) atoms. The third-order valence-electron chi connectivity index (χ3n) is 4.13. The number of nitrogens with one attached hydrogen (secondary N) is 1. The van der Waals surface area contributed by atoms with Gasteiger partial charge in [-0.2, -0.15) is 0 Å². The number of benzene rings is 1. The van der Waals surface area contributed by atoms with Gasteiger partial charge in [0, 0.05) is 19.6 Å². The van der Waals surface area contributed by atoms with Crippen molar-refractivity contribution in [2.75, 3.05) is 26.7 Å². The van der Waals surface area contributed by atoms with Gasteiger partial charge in [0.1, 0.15) is 0 Å². The fourth-order valence-electron chi connectivity index (χ4n) is 2.27. The molecule has 1 rings (SSSR count). The molecule has 1 unspecified atom stereocenters. The van der Waals surface area contributed by atoms with Gasteiger partial charge in [-0.25, -0.2) is 0 Å². The Morgan fingerprint density at radius 1 is 1.13 bits per heavy atom. The predicted molar refractivity (Wildman–Crippen MR) is 93.0 cm³/mol. The van der Waals surface area contributed by atoms with Crippen LogP contribution in [0.5, 0.6) is 0 Å². The number of nitrogens with zero attached hydrogens (tertiary/aromatic N) is 2. The molecule has 0 aromatic heterocycles. The first kappa shape index (κ1) is 19.2. The van der Waals surface area contributed by atoms with E-state index in [-0.39, 0.29) is 24.4 Å². The molecule has 0 aliphatic carbocycles. The van der Waals surface area contributed by atoms with Crippen LogP contribution in [0.2, 0.25) is 0 Å². The van der Waals surface area contributed by atoms with Crippen LogP contribution in [0.1, 0.15) is 31.9 Å². The van der Waals surface area contributed by atoms with Crippen molar-refractivity contribution in [2.24, 2.45) is 0 Å². The second-order valence-corrected chi connectivity index (χ2v) is 5.86. The van der Waals surface area contributed by atoms with Crippen molar-refractivity contribution < 1.29 is 9.59 Å². The molecule has 0 saturated heterocycles. The van der Waals surface area contributed by atoms with E-state index < -0.39 is 0 Å². The molecule has 2 amide bonds. The van der Waals surface area contributed by atoms with Gasteiger partial charge in [-0.05, 0) is 40.3 Å². The summed E-state index contributed by atoms with van der Waals surface area (Å²) in [5.41, 5.74) is 2.26. The second kappa shape index (κ2) is 9.30. The molecule has 1 aromatic rings. The van der Waals surface area contributed by atoms with Crippen LogP contribution in [0.25, 0.3) is 0 Å². The molecule has 0 bridgehead atoms. The number of amides is 2. The zero-order chi connectivity index (χ0) is 17.4. The van der Waals surface area contributed by atoms with Gasteiger partial charge in [0.05, 0.1) is 12.6 Å². The number of carbonyl (C=O) groups excluding carboxylic acids is 2. The average Bonchev–Trinajstić information content (AvgIpc) is 2.54. The Labute approximate surface area is 139 Å². The van der Waals surface area contributed by atoms with E-state index in [0.29, 0.717) is 19.6 Å². The molecule has 0 fully saturated rings. The Balaban J connectivity index is 2.48. The number of carbonyl (C=O) groups is 2. The average molecular weight is 319 g/mol. The van der Waals surface area contributed by atoms with Crippen LogP contribution < -0.4 is 5.32 Å². The maximum Gasteiger partial charge on any atom is 0.237 e. The molecular formula is C18H29N3O2. The van der Waals surface area contributed by atoms with Crippen molar-refractivity contribution in [2.45, 2.75) is 40.3 Å². The summed E-state index contributed by atoms with van der Waals surface area (Å²) in [4.78, 5) is 27.9. The highest BCUT2D eigenvalue weighted by molar-refractivity contribution is 5.83. The molecule has 1 N–H and O–H groups in total. The fourth-order valence-corrected chi connectivity index (χ4v) is 2.27. The van der Waals surface area contributed by atoms with E-state index in [1.807, 2.05) is 52.0 Å². The highest BCUT2D eigenvalue weighted by Crippen LogP contribution is 2.04. The highest BCUT2D eigenvalue weighted by atomic mass is 16.2. The number of hydrogen-bond acceptors (Lipinski definition) is 3. The first-order valence-corrected chi connectivity index (χ1v) is 8.20. The smallest absolute Gasteiger partial charge is 0.237 e. The summed E-state index contributed by atoms with van der Waals surface area (Å²) in [6, 6.07) is 7.72. The summed E-state index contributed by atoms with van der Waals surface area (Å²) in [7, 11) is 1.80. The SMILES string of the molecule is CCN(CC)C(=O)CN(C)C(C)C(=O)NCc1ccc(C)cc1. The maximum atomic E-state index is 12.2. The summed E-state index contributed by atoms with van der Waals surface area (Å²) in [6.07, 6.45) is 0. The Morgan fingerprint density at radius 2 is 1.70 bits per heavy atom. The number of aryl methyl sites for hydroxylation is 1. The van der Waals surface area contributed by atoms with Crippen LogP contribution in [0.15, 0.2) is 24.3 Å². The van der Waals surface area contributed by atoms with Gasteiger partial charge in [-0.3, -0.25) is 14.5 Å². The summed E-state index contributed by atoms with van der Waals surface area (Å²) in [5.74, 6) is -0.0175. The van der Waals surface area contributed by atoms with E-state index >= 15 is 0 Å². The Hall–Kier alpha value is -1.88. The van der Waals surface area contributed by atoms with Gasteiger partial charge in [-0.1, -0.05) is 29.8 Å². The fraction of sp³-hybridized carbons (Fsp3) is 0.556. The normalized spacial score (nSPS) is 12.1. The summed E-state index contributed by atoms with van der Waals surface area (Å²) < 4.78 is 0. The minimum absolute atomic E-state index is 0.0516. The number of likely N-dealkylation sites (N-methyl/N-ethyl adjacent to an activating group) is 2. The quantitative estimate of drug-likeness (QED) is 0.795. The Bertz CT molecular complexity index is 510. The minimum atomic E-state index is -0.347. The van der Waals surface area contributed by atoms with Crippen LogP contribution in [0, 0.1) is 6.92 Å². The van der Waals surface area contributed by atoms with Crippen LogP contribution in [-0.2, 0) is 16.1 Å². The van der Waals surface area contributed by atoms with Crippen molar-refractivity contribution in [3.63, 3.8) is 0 Å². The van der Waals surface area contributed by atoms with Crippen LogP contribution in [0.4, 0.5) is 0 Å². The van der Waals surface area contributed by atoms with Crippen molar-refractivity contribution in [3.8, 4) is 0 Å². The van der Waals surface area contributed by atoms with Crippen molar-refractivity contribution in [1.82, 2.24) is 15.1 Å². The molecule has 0 aliphatic heterocycles. The Kier molecular flexibility index (Phi) is 7.75. The number of hydrogen-bond donors (Lipinski definition) is 1. The van der Waals surface area contributed by atoms with Crippen molar-refractivity contribution in [1.29, 1.82) is 0 Å². The molecule has 0 aliphatic rings. The molecule has 5 nitrogen and oxygen atoms in total. The van der Waals surface area contributed by atoms with Gasteiger partial charge in [0.25, 0.3) is 0 Å². The summed E-state index contributed by atoms with van der Waals surface area (Å²) >= 11 is 0. The standard InChI is InChI=1S/C18H29N3O2/c1-6-21(7-2)17(22)13-20(5)15(4)18(23)19-12-16-10-8-14(3)9-11-16/h8-11,15H,6-7,12-13H2,1-5H3,(H,19,23). The van der Waals surface area contributed by atoms with Crippen molar-refractivity contribution >= 4 is 11.8 Å². The molecule has 0 heterocycles. The molecule has 5 heteroatoms. The minimum Gasteiger partial charge on any atom is -0.351 e. The van der Waals surface area contributed by atoms with Gasteiger partial charge < -0.3 is 10.2 Å². The van der Waals surface area contributed by atoms with Gasteiger partial charge >= 0.3 is 0 Å². The lowest BCUT2D eigenvalue weighted by atomic mass is 10.1. The van der Waals surface area contributed by atoms with Gasteiger partial charge in [0.2, 0.25) is 11.8 Å². The van der Waals surface area contributed by atoms with Crippen LogP contribution in [0.3, 0.4) is 0 Å². The van der Waals surface area contributed by atoms with Gasteiger partial charge in [0.15, 0.2) is 0 Å². The van der Waals surface area contributed by atoms with E-state index in [1.165, 1.54) is 5.56 Å². The summed E-state index contributed by atoms with van der Waals surface area (Å²) in [6.45, 7) is 9.90. The largest absolute Gasteiger partial charge is 0.351 e. The highest BCUT2D eigenvalue weighted by Gasteiger charge is 2.21. The molecule has 0 saturated carbocycles. The van der Waals surface area contributed by atoms with E-state index in [0.717, 1.165) is 5.56 Å². The topological polar surface area (TPSA) is 52.7 Å². The zero-order valence-corrected chi connectivity index (χ0v) is 14.9. The van der Waals surface area contributed by atoms with Crippen LogP contribution >= 0.6 is 0 Å². The second-order valence-electron chi connectivity index (χ2n) is 5.86. The van der Waals surface area contributed by atoms with E-state index in [9.17, 15) is 9.59 Å². The van der Waals surface area contributed by atoms with Gasteiger partial charge in [-0.15, -0.1) is 0 Å². The zero-order valence-electron chi connectivity index (χ0n) is 14.9. The third kappa shape index (κ3) is 6.02. The van der Waals surface area contributed by atoms with Crippen LogP contribution in [-0.4, -0.2) is 54.3 Å². The monoisotopic (exact) mass is 319 g/mol. The third-order valence-corrected chi connectivity index (χ3v) is 4.13. The van der Waals surface area contributed by atoms with E-state index in [2.05, 4.69) is 5.32 Å². The number of rotatable bonds is 8. The predicted octanol–water partition coefficient (Wildman–Crippen LogP) is 1.80. The molecule has 128 valence electrons. The molecule has 0 spiro atoms. The Morgan fingerprint density at radius 3 is 2.22 bits per heavy atom. The first-order chi connectivity index (χ1) is 10.9. The maximum absolute atomic E-state index is 12.2. The molecule has 1 atom stereocenters. The molecule has 1 aromatic carbocycles. The lowest BCUT2D eigenvalue weighted by Crippen LogP contribution is -2.47. The first-order valence-electron chi connectivity index (χ1n) is 8.20. The lowest BCUT2D eigenvalue weighted by molar-refractivity contribution is -0.133. The van der Waals surface area contributed by atoms with E-state index in [1.54, 1.807) is 16.8 Å². The molecular weight excluding hydrogens is 290 g/mol. The van der Waals surface area contributed by atoms with Crippen molar-refractivity contribution in [3.05, 3.63) is 35.4 Å². The van der Waals surface area contributed by atoms with E-state index in [4.69, 9.17) is 0 Å². The lowest BCUT2D eigenvalue weighted by Gasteiger charge is -2.26. The summed E-state index contributed by atoms with van der Waals surface area (Å²) in [5, 5.41) is 2.92.